The minimum Gasteiger partial charge on any atom is -0.465 e. The number of sulfonamides is 1. The van der Waals surface area contributed by atoms with Crippen LogP contribution in [0.5, 0.6) is 0 Å². The van der Waals surface area contributed by atoms with Crippen LogP contribution in [-0.4, -0.2) is 64.9 Å². The molecule has 1 amide bonds. The van der Waals surface area contributed by atoms with E-state index in [2.05, 4.69) is 9.46 Å². The minimum atomic E-state index is -3.98. The summed E-state index contributed by atoms with van der Waals surface area (Å²) in [5, 5.41) is 0. The lowest BCUT2D eigenvalue weighted by molar-refractivity contribution is 0.0300. The van der Waals surface area contributed by atoms with E-state index in [0.29, 0.717) is 36.8 Å². The first-order valence-electron chi connectivity index (χ1n) is 9.12. The van der Waals surface area contributed by atoms with Crippen LogP contribution in [0.2, 0.25) is 0 Å². The molecule has 0 aliphatic carbocycles. The number of hydrogen-bond donors (Lipinski definition) is 1. The molecule has 0 aromatic heterocycles. The second-order valence-electron chi connectivity index (χ2n) is 6.44. The number of rotatable bonds is 6. The summed E-state index contributed by atoms with van der Waals surface area (Å²) >= 11 is 1.37. The van der Waals surface area contributed by atoms with Gasteiger partial charge in [-0.3, -0.25) is 9.52 Å². The smallest absolute Gasteiger partial charge is 0.337 e. The zero-order valence-electron chi connectivity index (χ0n) is 16.6. The quantitative estimate of drug-likeness (QED) is 0.533. The van der Waals surface area contributed by atoms with Gasteiger partial charge in [0, 0.05) is 23.7 Å². The second-order valence-corrected chi connectivity index (χ2v) is 8.98. The first-order valence-corrected chi connectivity index (χ1v) is 11.8. The molecule has 3 rings (SSSR count). The number of esters is 1. The van der Waals surface area contributed by atoms with Crippen molar-refractivity contribution in [2.24, 2.45) is 0 Å². The molecule has 1 heterocycles. The molecule has 1 fully saturated rings. The fraction of sp³-hybridized carbons (Fsp3) is 0.300. The van der Waals surface area contributed by atoms with Crippen LogP contribution in [0.3, 0.4) is 0 Å². The summed E-state index contributed by atoms with van der Waals surface area (Å²) < 4.78 is 38.2. The van der Waals surface area contributed by atoms with Gasteiger partial charge in [0.2, 0.25) is 0 Å². The van der Waals surface area contributed by atoms with Gasteiger partial charge in [-0.15, -0.1) is 11.8 Å². The van der Waals surface area contributed by atoms with E-state index in [1.54, 1.807) is 17.0 Å². The summed E-state index contributed by atoms with van der Waals surface area (Å²) in [6.07, 6.45) is 1.83. The van der Waals surface area contributed by atoms with Crippen molar-refractivity contribution in [2.75, 3.05) is 44.4 Å². The van der Waals surface area contributed by atoms with Crippen molar-refractivity contribution in [3.63, 3.8) is 0 Å². The molecule has 0 saturated carbocycles. The Morgan fingerprint density at radius 3 is 2.53 bits per heavy atom. The maximum absolute atomic E-state index is 13.0. The van der Waals surface area contributed by atoms with Gasteiger partial charge >= 0.3 is 5.97 Å². The number of benzene rings is 2. The fourth-order valence-electron chi connectivity index (χ4n) is 3.00. The molecule has 0 spiro atoms. The predicted molar refractivity (Wildman–Crippen MR) is 114 cm³/mol. The molecule has 0 atom stereocenters. The number of thioether (sulfide) groups is 1. The van der Waals surface area contributed by atoms with E-state index in [1.807, 2.05) is 6.26 Å². The zero-order valence-corrected chi connectivity index (χ0v) is 18.2. The highest BCUT2D eigenvalue weighted by Crippen LogP contribution is 2.27. The average molecular weight is 451 g/mol. The number of hydrogen-bond acceptors (Lipinski definition) is 7. The SMILES string of the molecule is COC(=O)c1cccc(NS(=O)(=O)c2ccc(SC)c(C(=O)N3CCOCC3)c2)c1. The highest BCUT2D eigenvalue weighted by Gasteiger charge is 2.24. The molecule has 8 nitrogen and oxygen atoms in total. The van der Waals surface area contributed by atoms with E-state index >= 15 is 0 Å². The number of methoxy groups -OCH3 is 1. The Kier molecular flexibility index (Phi) is 7.01. The lowest BCUT2D eigenvalue weighted by Crippen LogP contribution is -2.40. The molecule has 30 heavy (non-hydrogen) atoms. The van der Waals surface area contributed by atoms with Crippen LogP contribution in [0.15, 0.2) is 52.3 Å². The third-order valence-corrected chi connectivity index (χ3v) is 6.72. The second kappa shape index (κ2) is 9.50. The number of morpholine rings is 1. The van der Waals surface area contributed by atoms with Gasteiger partial charge < -0.3 is 14.4 Å². The molecular weight excluding hydrogens is 428 g/mol. The van der Waals surface area contributed by atoms with Gasteiger partial charge in [-0.1, -0.05) is 6.07 Å². The molecule has 0 radical (unpaired) electrons. The van der Waals surface area contributed by atoms with Crippen LogP contribution in [0.25, 0.3) is 0 Å². The van der Waals surface area contributed by atoms with Crippen LogP contribution in [0.4, 0.5) is 5.69 Å². The van der Waals surface area contributed by atoms with E-state index in [9.17, 15) is 18.0 Å². The van der Waals surface area contributed by atoms with Gasteiger partial charge in [0.1, 0.15) is 0 Å². The Morgan fingerprint density at radius 1 is 1.13 bits per heavy atom. The van der Waals surface area contributed by atoms with E-state index in [4.69, 9.17) is 4.74 Å². The number of carbonyl (C=O) groups excluding carboxylic acids is 2. The Labute approximate surface area is 179 Å². The lowest BCUT2D eigenvalue weighted by atomic mass is 10.2. The van der Waals surface area contributed by atoms with E-state index < -0.39 is 16.0 Å². The molecular formula is C20H22N2O6S2. The number of carbonyl (C=O) groups is 2. The highest BCUT2D eigenvalue weighted by atomic mass is 32.2. The van der Waals surface area contributed by atoms with E-state index in [1.165, 1.54) is 49.2 Å². The van der Waals surface area contributed by atoms with Crippen molar-refractivity contribution in [1.29, 1.82) is 0 Å². The van der Waals surface area contributed by atoms with Gasteiger partial charge in [-0.25, -0.2) is 13.2 Å². The standard InChI is InChI=1S/C20H22N2O6S2/c1-27-20(24)14-4-3-5-15(12-14)21-30(25,26)16-6-7-18(29-2)17(13-16)19(23)22-8-10-28-11-9-22/h3-7,12-13,21H,8-11H2,1-2H3. The van der Waals surface area contributed by atoms with Gasteiger partial charge in [0.15, 0.2) is 0 Å². The number of ether oxygens (including phenoxy) is 2. The molecule has 0 bridgehead atoms. The third-order valence-electron chi connectivity index (χ3n) is 4.55. The van der Waals surface area contributed by atoms with Gasteiger partial charge in [-0.05, 0) is 42.7 Å². The third kappa shape index (κ3) is 4.94. The summed E-state index contributed by atoms with van der Waals surface area (Å²) in [6.45, 7) is 1.83. The van der Waals surface area contributed by atoms with Crippen molar-refractivity contribution >= 4 is 39.3 Å². The monoisotopic (exact) mass is 450 g/mol. The molecule has 1 aliphatic rings. The van der Waals surface area contributed by atoms with Crippen molar-refractivity contribution in [3.8, 4) is 0 Å². The summed E-state index contributed by atoms with van der Waals surface area (Å²) in [6, 6.07) is 10.5. The van der Waals surface area contributed by atoms with Crippen molar-refractivity contribution in [2.45, 2.75) is 9.79 Å². The van der Waals surface area contributed by atoms with Crippen LogP contribution < -0.4 is 4.72 Å². The molecule has 1 N–H and O–H groups in total. The van der Waals surface area contributed by atoms with Crippen LogP contribution >= 0.6 is 11.8 Å². The van der Waals surface area contributed by atoms with Crippen LogP contribution in [0.1, 0.15) is 20.7 Å². The predicted octanol–water partition coefficient (Wildman–Crippen LogP) is 2.47. The summed E-state index contributed by atoms with van der Waals surface area (Å²) in [5.41, 5.74) is 0.766. The van der Waals surface area contributed by atoms with Crippen LogP contribution in [0, 0.1) is 0 Å². The average Bonchev–Trinajstić information content (AvgIpc) is 2.78. The topological polar surface area (TPSA) is 102 Å². The molecule has 10 heteroatoms. The number of nitrogens with zero attached hydrogens (tertiary/aromatic N) is 1. The number of amides is 1. The Bertz CT molecular complexity index is 1050. The summed E-state index contributed by atoms with van der Waals surface area (Å²) in [4.78, 5) is 27.0. The molecule has 1 saturated heterocycles. The Balaban J connectivity index is 1.91. The molecule has 2 aromatic rings. The van der Waals surface area contributed by atoms with E-state index in [0.717, 1.165) is 0 Å². The van der Waals surface area contributed by atoms with E-state index in [-0.39, 0.29) is 22.1 Å². The van der Waals surface area contributed by atoms with Crippen molar-refractivity contribution < 1.29 is 27.5 Å². The molecule has 0 unspecified atom stereocenters. The van der Waals surface area contributed by atoms with Gasteiger partial charge in [0.05, 0.1) is 36.3 Å². The van der Waals surface area contributed by atoms with Crippen LogP contribution in [-0.2, 0) is 19.5 Å². The molecule has 2 aromatic carbocycles. The highest BCUT2D eigenvalue weighted by molar-refractivity contribution is 7.98. The van der Waals surface area contributed by atoms with Gasteiger partial charge in [0.25, 0.3) is 15.9 Å². The fourth-order valence-corrected chi connectivity index (χ4v) is 4.65. The van der Waals surface area contributed by atoms with Gasteiger partial charge in [-0.2, -0.15) is 0 Å². The Morgan fingerprint density at radius 2 is 1.87 bits per heavy atom. The first kappa shape index (κ1) is 22.1. The number of nitrogens with one attached hydrogen (secondary N) is 1. The molecule has 160 valence electrons. The maximum atomic E-state index is 13.0. The number of anilines is 1. The normalized spacial score (nSPS) is 14.3. The maximum Gasteiger partial charge on any atom is 0.337 e. The zero-order chi connectivity index (χ0) is 21.7. The Hall–Kier alpha value is -2.56. The summed E-state index contributed by atoms with van der Waals surface area (Å²) in [5.74, 6) is -0.800. The van der Waals surface area contributed by atoms with Crippen molar-refractivity contribution in [1.82, 2.24) is 4.90 Å². The minimum absolute atomic E-state index is 0.0413. The summed E-state index contributed by atoms with van der Waals surface area (Å²) in [7, 11) is -2.73. The molecule has 1 aliphatic heterocycles. The largest absolute Gasteiger partial charge is 0.465 e. The first-order chi connectivity index (χ1) is 14.4. The lowest BCUT2D eigenvalue weighted by Gasteiger charge is -2.27. The van der Waals surface area contributed by atoms with Crippen molar-refractivity contribution in [3.05, 3.63) is 53.6 Å².